The third-order valence-electron chi connectivity index (χ3n) is 9.84. The van der Waals surface area contributed by atoms with Crippen molar-refractivity contribution in [1.29, 1.82) is 0 Å². The van der Waals surface area contributed by atoms with E-state index in [1.54, 1.807) is 14.2 Å². The first-order valence-corrected chi connectivity index (χ1v) is 15.2. The minimum Gasteiger partial charge on any atom is -0.497 e. The number of hydrogen-bond acceptors (Lipinski definition) is 6. The summed E-state index contributed by atoms with van der Waals surface area (Å²) in [5.74, 6) is 2.00. The topological polar surface area (TPSA) is 66.5 Å². The fourth-order valence-electron chi connectivity index (χ4n) is 6.57. The van der Waals surface area contributed by atoms with Gasteiger partial charge in [-0.05, 0) is 98.2 Å². The van der Waals surface area contributed by atoms with Gasteiger partial charge in [-0.1, -0.05) is 49.8 Å². The molecule has 1 heterocycles. The van der Waals surface area contributed by atoms with E-state index in [2.05, 4.69) is 33.8 Å². The average Bonchev–Trinajstić information content (AvgIpc) is 3.68. The van der Waals surface area contributed by atoms with Gasteiger partial charge in [-0.2, -0.15) is 0 Å². The van der Waals surface area contributed by atoms with Crippen LogP contribution in [0.1, 0.15) is 70.9 Å². The smallest absolute Gasteiger partial charge is 0.193 e. The molecule has 1 aliphatic heterocycles. The largest absolute Gasteiger partial charge is 0.497 e. The van der Waals surface area contributed by atoms with E-state index in [0.29, 0.717) is 25.7 Å². The van der Waals surface area contributed by atoms with Crippen LogP contribution in [0.2, 0.25) is 0 Å². The Balaban J connectivity index is 1.49. The molecule has 6 nitrogen and oxygen atoms in total. The summed E-state index contributed by atoms with van der Waals surface area (Å²) in [4.78, 5) is 14.4. The number of carbonyl (C=O) groups excluding carboxylic acids is 1. The van der Waals surface area contributed by atoms with Crippen molar-refractivity contribution in [2.45, 2.75) is 90.8 Å². The summed E-state index contributed by atoms with van der Waals surface area (Å²) in [6.07, 6.45) is 6.05. The Kier molecular flexibility index (Phi) is 9.26. The summed E-state index contributed by atoms with van der Waals surface area (Å²) >= 11 is 0. The fraction of sp³-hybridized carbons (Fsp3) is 0.528. The third-order valence-corrected chi connectivity index (χ3v) is 9.84. The summed E-state index contributed by atoms with van der Waals surface area (Å²) in [7, 11) is 3.33. The molecule has 0 aromatic heterocycles. The van der Waals surface area contributed by atoms with Gasteiger partial charge in [-0.25, -0.2) is 0 Å². The number of carbonyl (C=O) groups is 1. The van der Waals surface area contributed by atoms with E-state index >= 15 is 0 Å². The second-order valence-electron chi connectivity index (χ2n) is 12.7. The highest BCUT2D eigenvalue weighted by molar-refractivity contribution is 6.03. The maximum absolute atomic E-state index is 14.4. The van der Waals surface area contributed by atoms with E-state index in [1.807, 2.05) is 48.5 Å². The number of methoxy groups -OCH3 is 2. The van der Waals surface area contributed by atoms with E-state index in [1.165, 1.54) is 5.57 Å². The number of benzene rings is 2. The molecule has 3 aliphatic rings. The molecular weight excluding hydrogens is 528 g/mol. The van der Waals surface area contributed by atoms with Crippen LogP contribution in [0.3, 0.4) is 0 Å². The summed E-state index contributed by atoms with van der Waals surface area (Å²) in [6, 6.07) is 15.8. The van der Waals surface area contributed by atoms with Crippen LogP contribution in [0, 0.1) is 11.3 Å². The van der Waals surface area contributed by atoms with Gasteiger partial charge in [-0.3, -0.25) is 4.79 Å². The number of hydrogen-bond donors (Lipinski definition) is 0. The molecule has 2 aromatic rings. The van der Waals surface area contributed by atoms with Crippen LogP contribution in [0.15, 0.2) is 71.3 Å². The van der Waals surface area contributed by atoms with E-state index < -0.39 is 11.7 Å². The predicted molar refractivity (Wildman–Crippen MR) is 164 cm³/mol. The van der Waals surface area contributed by atoms with E-state index in [0.717, 1.165) is 65.9 Å². The first kappa shape index (κ1) is 30.5. The minimum absolute atomic E-state index is 0.0691. The lowest BCUT2D eigenvalue weighted by atomic mass is 9.61. The zero-order valence-corrected chi connectivity index (χ0v) is 26.0. The van der Waals surface area contributed by atoms with Crippen LogP contribution in [0.25, 0.3) is 0 Å². The molecule has 0 saturated carbocycles. The Morgan fingerprint density at radius 3 is 2.12 bits per heavy atom. The Morgan fingerprint density at radius 2 is 1.50 bits per heavy atom. The highest BCUT2D eigenvalue weighted by Crippen LogP contribution is 2.52. The minimum atomic E-state index is -0.443. The first-order valence-electron chi connectivity index (χ1n) is 15.2. The van der Waals surface area contributed by atoms with Gasteiger partial charge in [0.25, 0.3) is 0 Å². The van der Waals surface area contributed by atoms with Crippen LogP contribution in [-0.2, 0) is 32.2 Å². The molecule has 1 saturated heterocycles. The van der Waals surface area contributed by atoms with Crippen LogP contribution in [-0.4, -0.2) is 44.4 Å². The van der Waals surface area contributed by atoms with Crippen molar-refractivity contribution < 1.29 is 28.5 Å². The maximum atomic E-state index is 14.4. The molecule has 1 fully saturated rings. The molecule has 2 aromatic carbocycles. The van der Waals surface area contributed by atoms with Gasteiger partial charge in [0.15, 0.2) is 5.78 Å². The molecular formula is C36H46O6. The van der Waals surface area contributed by atoms with Crippen molar-refractivity contribution in [3.63, 3.8) is 0 Å². The van der Waals surface area contributed by atoms with Crippen molar-refractivity contribution in [3.8, 4) is 11.5 Å². The van der Waals surface area contributed by atoms with E-state index in [4.69, 9.17) is 23.7 Å². The summed E-state index contributed by atoms with van der Waals surface area (Å²) in [6.45, 7) is 10.2. The predicted octanol–water partition coefficient (Wildman–Crippen LogP) is 7.40. The van der Waals surface area contributed by atoms with Crippen molar-refractivity contribution in [2.75, 3.05) is 20.8 Å². The highest BCUT2D eigenvalue weighted by atomic mass is 16.6. The summed E-state index contributed by atoms with van der Waals surface area (Å²) < 4.78 is 29.8. The average molecular weight is 575 g/mol. The van der Waals surface area contributed by atoms with Crippen LogP contribution < -0.4 is 9.47 Å². The molecule has 5 atom stereocenters. The SMILES string of the molecule is COc1ccc(COCC2=C3C(=O)[C@H]4O[C@]4(C)CCC=C(C)CC[C@@]2(C)[C@H](C)C[C@H]3OCc2ccc(OC)cc2)cc1. The molecule has 0 spiro atoms. The van der Waals surface area contributed by atoms with Crippen LogP contribution in [0.5, 0.6) is 11.5 Å². The number of epoxide rings is 1. The molecule has 2 aliphatic carbocycles. The lowest BCUT2D eigenvalue weighted by molar-refractivity contribution is -0.119. The van der Waals surface area contributed by atoms with Gasteiger partial charge in [-0.15, -0.1) is 0 Å². The van der Waals surface area contributed by atoms with Gasteiger partial charge < -0.3 is 23.7 Å². The Morgan fingerprint density at radius 1 is 0.881 bits per heavy atom. The lowest BCUT2D eigenvalue weighted by Crippen LogP contribution is -2.43. The monoisotopic (exact) mass is 574 g/mol. The molecule has 42 heavy (non-hydrogen) atoms. The third kappa shape index (κ3) is 6.51. The Bertz CT molecular complexity index is 1310. The van der Waals surface area contributed by atoms with Gasteiger partial charge in [0.2, 0.25) is 0 Å². The zero-order valence-electron chi connectivity index (χ0n) is 26.0. The molecule has 5 rings (SSSR count). The molecule has 0 unspecified atom stereocenters. The van der Waals surface area contributed by atoms with Crippen LogP contribution >= 0.6 is 0 Å². The van der Waals surface area contributed by atoms with Crippen molar-refractivity contribution in [2.24, 2.45) is 11.3 Å². The molecule has 6 heteroatoms. The van der Waals surface area contributed by atoms with E-state index in [-0.39, 0.29) is 17.3 Å². The number of allylic oxidation sites excluding steroid dienone is 2. The molecule has 0 radical (unpaired) electrons. The van der Waals surface area contributed by atoms with Gasteiger partial charge in [0, 0.05) is 5.57 Å². The number of ketones is 1. The number of Topliss-reactive ketones (excluding diaryl/α,β-unsaturated/α-hetero) is 1. The van der Waals surface area contributed by atoms with Gasteiger partial charge >= 0.3 is 0 Å². The second kappa shape index (κ2) is 12.7. The number of rotatable bonds is 9. The van der Waals surface area contributed by atoms with Crippen molar-refractivity contribution in [3.05, 3.63) is 82.5 Å². The Hall–Kier alpha value is -2.93. The van der Waals surface area contributed by atoms with Gasteiger partial charge in [0.05, 0.1) is 40.1 Å². The van der Waals surface area contributed by atoms with Crippen LogP contribution in [0.4, 0.5) is 0 Å². The second-order valence-corrected chi connectivity index (χ2v) is 12.7. The molecule has 226 valence electrons. The van der Waals surface area contributed by atoms with Crippen molar-refractivity contribution in [1.82, 2.24) is 0 Å². The summed E-state index contributed by atoms with van der Waals surface area (Å²) in [5.41, 5.74) is 4.71. The number of fused-ring (bicyclic) bond motifs is 2. The first-order chi connectivity index (χ1) is 20.2. The zero-order chi connectivity index (χ0) is 29.9. The quantitative estimate of drug-likeness (QED) is 0.230. The lowest BCUT2D eigenvalue weighted by Gasteiger charge is -2.46. The molecule has 0 N–H and O–H groups in total. The van der Waals surface area contributed by atoms with Crippen molar-refractivity contribution >= 4 is 5.78 Å². The maximum Gasteiger partial charge on any atom is 0.193 e. The molecule has 0 amide bonds. The fourth-order valence-corrected chi connectivity index (χ4v) is 6.57. The van der Waals surface area contributed by atoms with Gasteiger partial charge in [0.1, 0.15) is 23.2 Å². The summed E-state index contributed by atoms with van der Waals surface area (Å²) in [5, 5.41) is 0. The normalized spacial score (nSPS) is 29.6. The number of ether oxygens (including phenoxy) is 5. The Labute approximate surface area is 251 Å². The highest BCUT2D eigenvalue weighted by Gasteiger charge is 2.59. The molecule has 2 bridgehead atoms. The standard InChI is InChI=1S/C36H46O6/c1-24-8-7-18-36(4)34(42-36)33(37)32-30(23-40-21-26-9-13-28(38-5)14-10-26)35(3,19-17-24)25(2)20-31(32)41-22-27-11-15-29(39-6)16-12-27/h8-16,25,31,34H,7,17-23H2,1-6H3/t25-,31-,34-,35+,36-/m1/s1. The van der Waals surface area contributed by atoms with E-state index in [9.17, 15) is 4.79 Å².